The van der Waals surface area contributed by atoms with Gasteiger partial charge < -0.3 is 0 Å². The van der Waals surface area contributed by atoms with Gasteiger partial charge in [0.2, 0.25) is 0 Å². The minimum atomic E-state index is -1.27. The second-order valence-corrected chi connectivity index (χ2v) is 7.03. The lowest BCUT2D eigenvalue weighted by Crippen LogP contribution is -2.32. The molecular weight excluding hydrogens is 392 g/mol. The SMILES string of the molecule is O=[N+]([O-])c1cccc([N+](=O)[O-])c1C(c1ccccc1)(c1ccccc1)c1ccccc1. The second-order valence-electron chi connectivity index (χ2n) is 7.03. The summed E-state index contributed by atoms with van der Waals surface area (Å²) in [4.78, 5) is 23.1. The highest BCUT2D eigenvalue weighted by molar-refractivity contribution is 5.70. The van der Waals surface area contributed by atoms with Crippen molar-refractivity contribution in [1.29, 1.82) is 0 Å². The summed E-state index contributed by atoms with van der Waals surface area (Å²) in [5.41, 5.74) is 0.264. The van der Waals surface area contributed by atoms with Crippen molar-refractivity contribution >= 4 is 11.4 Å². The predicted octanol–water partition coefficient (Wildman–Crippen LogP) is 5.89. The number of hydrogen-bond donors (Lipinski definition) is 0. The number of benzene rings is 4. The first-order valence-corrected chi connectivity index (χ1v) is 9.65. The van der Waals surface area contributed by atoms with Crippen LogP contribution in [-0.2, 0) is 5.41 Å². The van der Waals surface area contributed by atoms with Crippen LogP contribution < -0.4 is 0 Å². The molecule has 0 aliphatic rings. The van der Waals surface area contributed by atoms with Gasteiger partial charge >= 0.3 is 0 Å². The van der Waals surface area contributed by atoms with E-state index in [-0.39, 0.29) is 16.9 Å². The molecule has 152 valence electrons. The molecule has 6 heteroatoms. The molecule has 0 bridgehead atoms. The highest BCUT2D eigenvalue weighted by atomic mass is 16.6. The summed E-state index contributed by atoms with van der Waals surface area (Å²) in [6.45, 7) is 0. The summed E-state index contributed by atoms with van der Waals surface area (Å²) < 4.78 is 0. The largest absolute Gasteiger partial charge is 0.281 e. The Balaban J connectivity index is 2.29. The van der Waals surface area contributed by atoms with E-state index in [2.05, 4.69) is 0 Å². The van der Waals surface area contributed by atoms with Crippen LogP contribution in [0.15, 0.2) is 109 Å². The van der Waals surface area contributed by atoms with Gasteiger partial charge in [0.05, 0.1) is 15.3 Å². The molecule has 0 saturated carbocycles. The minimum absolute atomic E-state index is 0.0357. The molecule has 0 radical (unpaired) electrons. The van der Waals surface area contributed by atoms with E-state index in [1.807, 2.05) is 91.0 Å². The number of rotatable bonds is 6. The molecule has 0 unspecified atom stereocenters. The van der Waals surface area contributed by atoms with Crippen molar-refractivity contribution in [3.8, 4) is 0 Å². The maximum atomic E-state index is 12.1. The van der Waals surface area contributed by atoms with Gasteiger partial charge in [0.25, 0.3) is 11.4 Å². The quantitative estimate of drug-likeness (QED) is 0.225. The Morgan fingerprint density at radius 3 is 1.10 bits per heavy atom. The van der Waals surface area contributed by atoms with Crippen molar-refractivity contribution in [3.05, 3.63) is 152 Å². The van der Waals surface area contributed by atoms with Crippen LogP contribution in [0.3, 0.4) is 0 Å². The molecule has 31 heavy (non-hydrogen) atoms. The standard InChI is InChI=1S/C25H18N2O4/c28-26(29)22-17-10-18-23(27(30)31)24(22)25(19-11-4-1-5-12-19,20-13-6-2-7-14-20)21-15-8-3-9-16-21/h1-18H. The van der Waals surface area contributed by atoms with Crippen molar-refractivity contribution in [3.63, 3.8) is 0 Å². The highest BCUT2D eigenvalue weighted by Gasteiger charge is 2.47. The third-order valence-corrected chi connectivity index (χ3v) is 5.41. The third kappa shape index (κ3) is 3.34. The van der Waals surface area contributed by atoms with Crippen LogP contribution in [0.4, 0.5) is 11.4 Å². The fraction of sp³-hybridized carbons (Fsp3) is 0.0400. The van der Waals surface area contributed by atoms with E-state index in [9.17, 15) is 20.2 Å². The first kappa shape index (κ1) is 20.0. The summed E-state index contributed by atoms with van der Waals surface area (Å²) in [6, 6.07) is 31.6. The maximum absolute atomic E-state index is 12.1. The van der Waals surface area contributed by atoms with Crippen molar-refractivity contribution < 1.29 is 9.85 Å². The average Bonchev–Trinajstić information content (AvgIpc) is 2.81. The molecule has 0 aromatic heterocycles. The van der Waals surface area contributed by atoms with E-state index in [1.165, 1.54) is 18.2 Å². The minimum Gasteiger partial charge on any atom is -0.258 e. The Hall–Kier alpha value is -4.32. The first-order chi connectivity index (χ1) is 15.1. The Bertz CT molecular complexity index is 1100. The van der Waals surface area contributed by atoms with Crippen LogP contribution >= 0.6 is 0 Å². The fourth-order valence-electron chi connectivity index (χ4n) is 4.21. The van der Waals surface area contributed by atoms with Gasteiger partial charge in [-0.05, 0) is 22.8 Å². The van der Waals surface area contributed by atoms with E-state index >= 15 is 0 Å². The molecule has 0 amide bonds. The van der Waals surface area contributed by atoms with Crippen molar-refractivity contribution in [1.82, 2.24) is 0 Å². The van der Waals surface area contributed by atoms with Gasteiger partial charge in [-0.15, -0.1) is 0 Å². The molecule has 0 aliphatic heterocycles. The first-order valence-electron chi connectivity index (χ1n) is 9.65. The van der Waals surface area contributed by atoms with Crippen LogP contribution in [0, 0.1) is 20.2 Å². The Morgan fingerprint density at radius 1 is 0.484 bits per heavy atom. The zero-order valence-corrected chi connectivity index (χ0v) is 16.4. The van der Waals surface area contributed by atoms with Gasteiger partial charge in [0.15, 0.2) is 0 Å². The monoisotopic (exact) mass is 410 g/mol. The van der Waals surface area contributed by atoms with E-state index in [0.717, 1.165) is 0 Å². The van der Waals surface area contributed by atoms with Crippen LogP contribution in [-0.4, -0.2) is 9.85 Å². The zero-order valence-electron chi connectivity index (χ0n) is 16.4. The summed E-state index contributed by atoms with van der Waals surface area (Å²) in [5.74, 6) is 0. The highest BCUT2D eigenvalue weighted by Crippen LogP contribution is 2.51. The molecule has 4 rings (SSSR count). The second kappa shape index (κ2) is 8.20. The normalized spacial score (nSPS) is 11.1. The van der Waals surface area contributed by atoms with Gasteiger partial charge in [-0.3, -0.25) is 20.2 Å². The van der Waals surface area contributed by atoms with Gasteiger partial charge in [-0.25, -0.2) is 0 Å². The molecule has 0 fully saturated rings. The lowest BCUT2D eigenvalue weighted by Gasteiger charge is -2.35. The Kier molecular flexibility index (Phi) is 5.28. The number of nitro groups is 2. The van der Waals surface area contributed by atoms with Crippen molar-refractivity contribution in [2.45, 2.75) is 5.41 Å². The van der Waals surface area contributed by atoms with Crippen LogP contribution in [0.1, 0.15) is 22.3 Å². The molecular formula is C25H18N2O4. The maximum Gasteiger partial charge on any atom is 0.281 e. The van der Waals surface area contributed by atoms with Crippen LogP contribution in [0.5, 0.6) is 0 Å². The van der Waals surface area contributed by atoms with E-state index in [0.29, 0.717) is 16.7 Å². The molecule has 4 aromatic carbocycles. The molecule has 4 aromatic rings. The third-order valence-electron chi connectivity index (χ3n) is 5.41. The molecule has 6 nitrogen and oxygen atoms in total. The molecule has 0 aliphatic carbocycles. The molecule has 0 saturated heterocycles. The average molecular weight is 410 g/mol. The smallest absolute Gasteiger partial charge is 0.258 e. The van der Waals surface area contributed by atoms with Gasteiger partial charge in [-0.2, -0.15) is 0 Å². The number of hydrogen-bond acceptors (Lipinski definition) is 4. The molecule has 0 heterocycles. The van der Waals surface area contributed by atoms with Crippen molar-refractivity contribution in [2.24, 2.45) is 0 Å². The lowest BCUT2D eigenvalue weighted by molar-refractivity contribution is -0.396. The summed E-state index contributed by atoms with van der Waals surface area (Å²) in [5, 5.41) is 24.2. The van der Waals surface area contributed by atoms with Gasteiger partial charge in [0.1, 0.15) is 5.56 Å². The van der Waals surface area contributed by atoms with Crippen LogP contribution in [0.2, 0.25) is 0 Å². The summed E-state index contributed by atoms with van der Waals surface area (Å²) >= 11 is 0. The van der Waals surface area contributed by atoms with Crippen LogP contribution in [0.25, 0.3) is 0 Å². The Labute approximate surface area is 178 Å². The van der Waals surface area contributed by atoms with E-state index in [4.69, 9.17) is 0 Å². The topological polar surface area (TPSA) is 86.3 Å². The number of nitro benzene ring substituents is 2. The fourth-order valence-corrected chi connectivity index (χ4v) is 4.21. The molecule has 0 spiro atoms. The Morgan fingerprint density at radius 2 is 0.806 bits per heavy atom. The predicted molar refractivity (Wildman–Crippen MR) is 118 cm³/mol. The summed E-state index contributed by atoms with van der Waals surface area (Å²) in [7, 11) is 0. The van der Waals surface area contributed by atoms with E-state index in [1.54, 1.807) is 0 Å². The van der Waals surface area contributed by atoms with Gasteiger partial charge in [0, 0.05) is 12.1 Å². The number of nitrogens with zero attached hydrogens (tertiary/aromatic N) is 2. The lowest BCUT2D eigenvalue weighted by atomic mass is 9.64. The molecule has 0 atom stereocenters. The zero-order chi connectivity index (χ0) is 21.8. The van der Waals surface area contributed by atoms with E-state index < -0.39 is 15.3 Å². The van der Waals surface area contributed by atoms with Gasteiger partial charge in [-0.1, -0.05) is 91.0 Å². The van der Waals surface area contributed by atoms with Crippen molar-refractivity contribution in [2.75, 3.05) is 0 Å². The molecule has 0 N–H and O–H groups in total. The summed E-state index contributed by atoms with van der Waals surface area (Å²) in [6.07, 6.45) is 0.